The van der Waals surface area contributed by atoms with Gasteiger partial charge in [-0.2, -0.15) is 15.8 Å². The van der Waals surface area contributed by atoms with Gasteiger partial charge >= 0.3 is 0 Å². The van der Waals surface area contributed by atoms with Crippen molar-refractivity contribution >= 4 is 11.6 Å². The number of allylic oxidation sites excluding steroid dienone is 2. The highest BCUT2D eigenvalue weighted by Gasteiger charge is 2.52. The monoisotopic (exact) mass is 377 g/mol. The van der Waals surface area contributed by atoms with Crippen LogP contribution in [-0.2, 0) is 0 Å². The van der Waals surface area contributed by atoms with Crippen LogP contribution in [0.25, 0.3) is 0 Å². The summed E-state index contributed by atoms with van der Waals surface area (Å²) in [7, 11) is 0. The predicted molar refractivity (Wildman–Crippen MR) is 103 cm³/mol. The second-order valence-electron chi connectivity index (χ2n) is 6.94. The Labute approximate surface area is 164 Å². The summed E-state index contributed by atoms with van der Waals surface area (Å²) < 4.78 is 0. The average Bonchev–Trinajstić information content (AvgIpc) is 2.69. The minimum atomic E-state index is -1.59. The number of halogens is 1. The zero-order valence-electron chi connectivity index (χ0n) is 15.1. The zero-order chi connectivity index (χ0) is 19.6. The lowest BCUT2D eigenvalue weighted by atomic mass is 9.60. The number of nitrogens with two attached hydrogens (primary N) is 1. The van der Waals surface area contributed by atoms with Gasteiger partial charge < -0.3 is 5.73 Å². The molecule has 6 heteroatoms. The summed E-state index contributed by atoms with van der Waals surface area (Å²) in [5, 5.41) is 30.2. The Hall–Kier alpha value is -2.78. The number of nitriles is 3. The van der Waals surface area contributed by atoms with Crippen LogP contribution in [0.3, 0.4) is 0 Å². The van der Waals surface area contributed by atoms with Crippen molar-refractivity contribution < 1.29 is 0 Å². The van der Waals surface area contributed by atoms with Crippen LogP contribution < -0.4 is 5.73 Å². The Bertz CT molecular complexity index is 927. The molecule has 0 fully saturated rings. The maximum absolute atomic E-state index is 9.88. The van der Waals surface area contributed by atoms with Crippen molar-refractivity contribution in [2.45, 2.75) is 19.3 Å². The molecule has 0 saturated carbocycles. The number of rotatable bonds is 3. The van der Waals surface area contributed by atoms with Crippen LogP contribution in [0.4, 0.5) is 0 Å². The van der Waals surface area contributed by atoms with Crippen molar-refractivity contribution in [2.24, 2.45) is 17.1 Å². The highest BCUT2D eigenvalue weighted by atomic mass is 35.5. The fourth-order valence-corrected chi connectivity index (χ4v) is 4.53. The Morgan fingerprint density at radius 2 is 1.96 bits per heavy atom. The van der Waals surface area contributed by atoms with Crippen LogP contribution >= 0.6 is 11.6 Å². The Morgan fingerprint density at radius 1 is 1.26 bits per heavy atom. The summed E-state index contributed by atoms with van der Waals surface area (Å²) in [4.78, 5) is 2.27. The molecule has 5 nitrogen and oxygen atoms in total. The minimum Gasteiger partial charge on any atom is -0.399 e. The number of nitrogens with zero attached hydrogens (tertiary/aromatic N) is 4. The van der Waals surface area contributed by atoms with E-state index < -0.39 is 5.41 Å². The molecular weight excluding hydrogens is 358 g/mol. The van der Waals surface area contributed by atoms with Crippen LogP contribution in [-0.4, -0.2) is 24.5 Å². The largest absolute Gasteiger partial charge is 0.399 e. The van der Waals surface area contributed by atoms with Crippen LogP contribution in [0.15, 0.2) is 47.2 Å². The quantitative estimate of drug-likeness (QED) is 0.812. The Morgan fingerprint density at radius 3 is 2.56 bits per heavy atom. The predicted octanol–water partition coefficient (Wildman–Crippen LogP) is 3.48. The molecule has 1 heterocycles. The van der Waals surface area contributed by atoms with Crippen molar-refractivity contribution in [2.75, 3.05) is 19.6 Å². The number of benzene rings is 1. The van der Waals surface area contributed by atoms with Crippen molar-refractivity contribution in [3.05, 3.63) is 57.8 Å². The maximum Gasteiger partial charge on any atom is 0.204 e. The zero-order valence-corrected chi connectivity index (χ0v) is 15.9. The maximum atomic E-state index is 9.88. The molecule has 0 unspecified atom stereocenters. The van der Waals surface area contributed by atoms with Crippen LogP contribution in [0.5, 0.6) is 0 Å². The van der Waals surface area contributed by atoms with Gasteiger partial charge in [-0.05, 0) is 30.2 Å². The first-order valence-corrected chi connectivity index (χ1v) is 9.31. The third-order valence-corrected chi connectivity index (χ3v) is 5.84. The normalized spacial score (nSPS) is 24.2. The molecule has 136 valence electrons. The number of hydrogen-bond donors (Lipinski definition) is 1. The molecule has 2 atom stereocenters. The highest BCUT2D eigenvalue weighted by molar-refractivity contribution is 6.31. The van der Waals surface area contributed by atoms with E-state index in [0.717, 1.165) is 18.5 Å². The molecule has 2 aliphatic rings. The second-order valence-corrected chi connectivity index (χ2v) is 7.34. The van der Waals surface area contributed by atoms with Gasteiger partial charge in [-0.3, -0.25) is 4.90 Å². The SMILES string of the molecule is CCCN1CC=C2[C@@H](C1)[C@@H](c1ccccc1Cl)C(C#N)=C(N)C2(C#N)C#N. The molecule has 0 amide bonds. The Balaban J connectivity index is 2.28. The molecule has 1 aliphatic carbocycles. The first-order valence-electron chi connectivity index (χ1n) is 8.94. The van der Waals surface area contributed by atoms with E-state index >= 15 is 0 Å². The molecule has 0 radical (unpaired) electrons. The van der Waals surface area contributed by atoms with Gasteiger partial charge in [0.1, 0.15) is 0 Å². The van der Waals surface area contributed by atoms with Crippen LogP contribution in [0.2, 0.25) is 5.02 Å². The van der Waals surface area contributed by atoms with Crippen molar-refractivity contribution in [3.63, 3.8) is 0 Å². The molecule has 0 saturated heterocycles. The number of fused-ring (bicyclic) bond motifs is 1. The lowest BCUT2D eigenvalue weighted by molar-refractivity contribution is 0.225. The molecule has 1 aliphatic heterocycles. The third-order valence-electron chi connectivity index (χ3n) is 5.50. The lowest BCUT2D eigenvalue weighted by Crippen LogP contribution is -2.47. The van der Waals surface area contributed by atoms with E-state index in [1.54, 1.807) is 6.07 Å². The second kappa shape index (κ2) is 7.45. The summed E-state index contributed by atoms with van der Waals surface area (Å²) in [6.07, 6.45) is 2.94. The molecule has 0 aromatic heterocycles. The summed E-state index contributed by atoms with van der Waals surface area (Å²) in [5.41, 5.74) is 6.49. The summed E-state index contributed by atoms with van der Waals surface area (Å²) in [5.74, 6) is -0.573. The van der Waals surface area contributed by atoms with Crippen molar-refractivity contribution in [3.8, 4) is 18.2 Å². The first kappa shape index (κ1) is 19.0. The lowest BCUT2D eigenvalue weighted by Gasteiger charge is -2.45. The van der Waals surface area contributed by atoms with Gasteiger partial charge in [0.25, 0.3) is 0 Å². The molecule has 1 aromatic rings. The molecule has 27 heavy (non-hydrogen) atoms. The summed E-state index contributed by atoms with van der Waals surface area (Å²) in [6, 6.07) is 13.8. The van der Waals surface area contributed by atoms with E-state index in [2.05, 4.69) is 30.0 Å². The molecule has 0 bridgehead atoms. The minimum absolute atomic E-state index is 0.0337. The van der Waals surface area contributed by atoms with Gasteiger partial charge in [0.2, 0.25) is 5.41 Å². The fourth-order valence-electron chi connectivity index (χ4n) is 4.27. The van der Waals surface area contributed by atoms with Gasteiger partial charge in [-0.25, -0.2) is 0 Å². The number of hydrogen-bond acceptors (Lipinski definition) is 5. The highest BCUT2D eigenvalue weighted by Crippen LogP contribution is 2.53. The van der Waals surface area contributed by atoms with E-state index in [9.17, 15) is 15.8 Å². The molecule has 0 spiro atoms. The molecular formula is C21H20ClN5. The summed E-state index contributed by atoms with van der Waals surface area (Å²) >= 11 is 6.46. The molecule has 2 N–H and O–H groups in total. The van der Waals surface area contributed by atoms with Crippen molar-refractivity contribution in [1.29, 1.82) is 15.8 Å². The average molecular weight is 378 g/mol. The van der Waals surface area contributed by atoms with Gasteiger partial charge in [-0.15, -0.1) is 0 Å². The van der Waals surface area contributed by atoms with E-state index in [0.29, 0.717) is 23.7 Å². The summed E-state index contributed by atoms with van der Waals surface area (Å²) in [6.45, 7) is 4.33. The van der Waals surface area contributed by atoms with Gasteiger partial charge in [0.05, 0.1) is 29.5 Å². The van der Waals surface area contributed by atoms with Gasteiger partial charge in [0, 0.05) is 29.9 Å². The van der Waals surface area contributed by atoms with Gasteiger partial charge in [0.15, 0.2) is 0 Å². The third kappa shape index (κ3) is 2.88. The van der Waals surface area contributed by atoms with E-state index in [1.807, 2.05) is 24.3 Å². The molecule has 1 aromatic carbocycles. The van der Waals surface area contributed by atoms with Crippen LogP contribution in [0.1, 0.15) is 24.8 Å². The van der Waals surface area contributed by atoms with E-state index in [4.69, 9.17) is 17.3 Å². The topological polar surface area (TPSA) is 101 Å². The molecule has 3 rings (SSSR count). The van der Waals surface area contributed by atoms with Crippen molar-refractivity contribution in [1.82, 2.24) is 4.90 Å². The van der Waals surface area contributed by atoms with E-state index in [1.165, 1.54) is 0 Å². The Kier molecular flexibility index (Phi) is 5.24. The smallest absolute Gasteiger partial charge is 0.204 e. The van der Waals surface area contributed by atoms with E-state index in [-0.39, 0.29) is 23.1 Å². The fraction of sp³-hybridized carbons (Fsp3) is 0.381. The van der Waals surface area contributed by atoms with Gasteiger partial charge in [-0.1, -0.05) is 42.8 Å². The van der Waals surface area contributed by atoms with Crippen LogP contribution in [0, 0.1) is 45.3 Å². The standard InChI is InChI=1S/C21H20ClN5/c1-2-8-27-9-7-17-16(11-27)19(14-5-3-4-6-18(14)22)15(10-23)20(26)21(17,12-24)13-25/h3-7,16,19H,2,8-9,11,26H2,1H3/t16-,19+/m1/s1. The first-order chi connectivity index (χ1) is 13.0.